The van der Waals surface area contributed by atoms with E-state index in [-0.39, 0.29) is 35.4 Å². The number of morpholine rings is 1. The molecule has 1 aromatic carbocycles. The number of quaternary nitrogens is 1. The number of hydrogen-bond acceptors (Lipinski definition) is 2. The fourth-order valence-corrected chi connectivity index (χ4v) is 2.92. The van der Waals surface area contributed by atoms with E-state index in [1.54, 1.807) is 0 Å². The summed E-state index contributed by atoms with van der Waals surface area (Å²) >= 11 is 5.87. The van der Waals surface area contributed by atoms with Crippen molar-refractivity contribution in [2.75, 3.05) is 25.0 Å². The van der Waals surface area contributed by atoms with Crippen molar-refractivity contribution < 1.29 is 27.6 Å². The van der Waals surface area contributed by atoms with E-state index in [4.69, 9.17) is 16.3 Å². The van der Waals surface area contributed by atoms with Crippen molar-refractivity contribution in [2.45, 2.75) is 32.2 Å². The maximum Gasteiger partial charge on any atom is 0.416 e. The summed E-state index contributed by atoms with van der Waals surface area (Å²) in [6.07, 6.45) is -4.40. The molecule has 1 amide bonds. The van der Waals surface area contributed by atoms with Crippen LogP contribution in [0, 0.1) is 0 Å². The van der Waals surface area contributed by atoms with Crippen LogP contribution in [0.2, 0.25) is 5.02 Å². The first-order valence-electron chi connectivity index (χ1n) is 7.30. The van der Waals surface area contributed by atoms with Gasteiger partial charge in [0.05, 0.1) is 16.3 Å². The highest BCUT2D eigenvalue weighted by molar-refractivity contribution is 6.33. The van der Waals surface area contributed by atoms with Crippen molar-refractivity contribution in [2.24, 2.45) is 0 Å². The molecular formula is C15H19ClF3N2O2+. The fraction of sp³-hybridized carbons (Fsp3) is 0.533. The average molecular weight is 352 g/mol. The number of halogens is 4. The minimum Gasteiger partial charge on any atom is -0.364 e. The first kappa shape index (κ1) is 18.0. The molecule has 0 aromatic heterocycles. The molecule has 1 aliphatic heterocycles. The average Bonchev–Trinajstić information content (AvgIpc) is 2.38. The minimum absolute atomic E-state index is 0.0275. The Morgan fingerprint density at radius 2 is 1.96 bits per heavy atom. The minimum atomic E-state index is -4.48. The van der Waals surface area contributed by atoms with Gasteiger partial charge in [-0.1, -0.05) is 11.6 Å². The standard InChI is InChI=1S/C15H18ClF3N2O2/c1-9-6-21(7-10(2)23-9)8-14(22)20-13-5-11(15(17,18)19)3-4-12(13)16/h3-5,9-10H,6-8H2,1-2H3,(H,20,22)/p+1. The number of anilines is 1. The third-order valence-electron chi connectivity index (χ3n) is 3.60. The summed E-state index contributed by atoms with van der Waals surface area (Å²) in [4.78, 5) is 13.1. The number of benzene rings is 1. The van der Waals surface area contributed by atoms with E-state index in [1.165, 1.54) is 0 Å². The highest BCUT2D eigenvalue weighted by Gasteiger charge is 2.31. The lowest BCUT2D eigenvalue weighted by Crippen LogP contribution is -3.16. The molecule has 4 nitrogen and oxygen atoms in total. The Bertz CT molecular complexity index is 570. The lowest BCUT2D eigenvalue weighted by atomic mass is 10.2. The van der Waals surface area contributed by atoms with Gasteiger partial charge in [-0.3, -0.25) is 4.79 Å². The molecule has 2 atom stereocenters. The summed E-state index contributed by atoms with van der Waals surface area (Å²) in [6.45, 7) is 5.36. The third-order valence-corrected chi connectivity index (χ3v) is 3.92. The topological polar surface area (TPSA) is 42.8 Å². The maximum atomic E-state index is 12.7. The second-order valence-electron chi connectivity index (χ2n) is 5.83. The van der Waals surface area contributed by atoms with E-state index < -0.39 is 11.7 Å². The Hall–Kier alpha value is -1.31. The molecular weight excluding hydrogens is 333 g/mol. The Balaban J connectivity index is 2.02. The van der Waals surface area contributed by atoms with Crippen LogP contribution in [-0.4, -0.2) is 37.7 Å². The molecule has 1 aromatic rings. The zero-order valence-electron chi connectivity index (χ0n) is 12.8. The largest absolute Gasteiger partial charge is 0.416 e. The summed E-state index contributed by atoms with van der Waals surface area (Å²) in [5.41, 5.74) is -0.876. The van der Waals surface area contributed by atoms with Gasteiger partial charge in [0.1, 0.15) is 25.3 Å². The van der Waals surface area contributed by atoms with Gasteiger partial charge in [-0.2, -0.15) is 13.2 Å². The lowest BCUT2D eigenvalue weighted by molar-refractivity contribution is -0.907. The van der Waals surface area contributed by atoms with E-state index in [9.17, 15) is 18.0 Å². The summed E-state index contributed by atoms with van der Waals surface area (Å²) in [5, 5.41) is 2.54. The molecule has 0 aliphatic carbocycles. The molecule has 8 heteroatoms. The molecule has 1 heterocycles. The Morgan fingerprint density at radius 3 is 2.52 bits per heavy atom. The number of carbonyl (C=O) groups excluding carboxylic acids is 1. The van der Waals surface area contributed by atoms with Crippen LogP contribution >= 0.6 is 11.6 Å². The SMILES string of the molecule is CC1C[NH+](CC(=O)Nc2cc(C(F)(F)F)ccc2Cl)CC(C)O1. The van der Waals surface area contributed by atoms with E-state index >= 15 is 0 Å². The molecule has 2 rings (SSSR count). The number of carbonyl (C=O) groups is 1. The van der Waals surface area contributed by atoms with E-state index in [1.807, 2.05) is 13.8 Å². The van der Waals surface area contributed by atoms with Crippen LogP contribution in [-0.2, 0) is 15.7 Å². The zero-order valence-corrected chi connectivity index (χ0v) is 13.6. The predicted octanol–water partition coefficient (Wildman–Crippen LogP) is 1.99. The van der Waals surface area contributed by atoms with Gasteiger partial charge in [-0.25, -0.2) is 0 Å². The number of amides is 1. The van der Waals surface area contributed by atoms with E-state index in [2.05, 4.69) is 5.32 Å². The van der Waals surface area contributed by atoms with Gasteiger partial charge in [0, 0.05) is 0 Å². The molecule has 23 heavy (non-hydrogen) atoms. The van der Waals surface area contributed by atoms with Gasteiger partial charge in [0.2, 0.25) is 0 Å². The summed E-state index contributed by atoms with van der Waals surface area (Å²) in [6, 6.07) is 2.86. The van der Waals surface area contributed by atoms with Crippen LogP contribution in [0.4, 0.5) is 18.9 Å². The Kier molecular flexibility index (Phi) is 5.54. The van der Waals surface area contributed by atoms with Crippen molar-refractivity contribution in [3.8, 4) is 0 Å². The summed E-state index contributed by atoms with van der Waals surface area (Å²) in [5.74, 6) is -0.373. The predicted molar refractivity (Wildman–Crippen MR) is 80.7 cm³/mol. The van der Waals surface area contributed by atoms with Gasteiger partial charge in [0.15, 0.2) is 6.54 Å². The zero-order chi connectivity index (χ0) is 17.2. The van der Waals surface area contributed by atoms with Crippen LogP contribution in [0.1, 0.15) is 19.4 Å². The van der Waals surface area contributed by atoms with Gasteiger partial charge < -0.3 is 15.0 Å². The van der Waals surface area contributed by atoms with Crippen LogP contribution in [0.25, 0.3) is 0 Å². The molecule has 0 spiro atoms. The molecule has 0 radical (unpaired) electrons. The number of hydrogen-bond donors (Lipinski definition) is 2. The molecule has 128 valence electrons. The van der Waals surface area contributed by atoms with Gasteiger partial charge >= 0.3 is 6.18 Å². The van der Waals surface area contributed by atoms with E-state index in [0.29, 0.717) is 13.1 Å². The van der Waals surface area contributed by atoms with Gasteiger partial charge in [-0.05, 0) is 32.0 Å². The molecule has 1 saturated heterocycles. The summed E-state index contributed by atoms with van der Waals surface area (Å²) < 4.78 is 43.8. The maximum absolute atomic E-state index is 12.7. The van der Waals surface area contributed by atoms with Crippen molar-refractivity contribution in [3.63, 3.8) is 0 Å². The quantitative estimate of drug-likeness (QED) is 0.874. The monoisotopic (exact) mass is 351 g/mol. The van der Waals surface area contributed by atoms with Gasteiger partial charge in [-0.15, -0.1) is 0 Å². The smallest absolute Gasteiger partial charge is 0.364 e. The van der Waals surface area contributed by atoms with Crippen molar-refractivity contribution >= 4 is 23.2 Å². The molecule has 1 aliphatic rings. The van der Waals surface area contributed by atoms with E-state index in [0.717, 1.165) is 23.1 Å². The highest BCUT2D eigenvalue weighted by Crippen LogP contribution is 2.33. The number of alkyl halides is 3. The second kappa shape index (κ2) is 7.07. The fourth-order valence-electron chi connectivity index (χ4n) is 2.75. The van der Waals surface area contributed by atoms with Gasteiger partial charge in [0.25, 0.3) is 5.91 Å². The van der Waals surface area contributed by atoms with Crippen LogP contribution in [0.5, 0.6) is 0 Å². The Labute approximate surface area is 137 Å². The number of rotatable bonds is 3. The van der Waals surface area contributed by atoms with Crippen molar-refractivity contribution in [3.05, 3.63) is 28.8 Å². The van der Waals surface area contributed by atoms with Crippen LogP contribution < -0.4 is 10.2 Å². The lowest BCUT2D eigenvalue weighted by Gasteiger charge is -2.31. The normalized spacial score (nSPS) is 25.2. The number of nitrogens with one attached hydrogen (secondary N) is 2. The molecule has 2 N–H and O–H groups in total. The first-order chi connectivity index (χ1) is 10.6. The molecule has 2 unspecified atom stereocenters. The highest BCUT2D eigenvalue weighted by atomic mass is 35.5. The van der Waals surface area contributed by atoms with Crippen molar-refractivity contribution in [1.29, 1.82) is 0 Å². The molecule has 0 saturated carbocycles. The number of ether oxygens (including phenoxy) is 1. The molecule has 1 fully saturated rings. The van der Waals surface area contributed by atoms with Crippen LogP contribution in [0.3, 0.4) is 0 Å². The Morgan fingerprint density at radius 1 is 1.35 bits per heavy atom. The van der Waals surface area contributed by atoms with Crippen molar-refractivity contribution in [1.82, 2.24) is 0 Å². The van der Waals surface area contributed by atoms with Crippen LogP contribution in [0.15, 0.2) is 18.2 Å². The first-order valence-corrected chi connectivity index (χ1v) is 7.68. The third kappa shape index (κ3) is 5.09. The second-order valence-corrected chi connectivity index (χ2v) is 6.24. The summed E-state index contributed by atoms with van der Waals surface area (Å²) in [7, 11) is 0. The molecule has 0 bridgehead atoms.